The number of benzene rings is 2. The standard InChI is InChI=1S/C16H16ClNO/c17-14-9-11(5-8-16(14)19)10-18-15-7-6-12-3-1-2-4-13(12)15/h1-5,8-9,15,18-19H,6-7,10H2. The second-order valence-corrected chi connectivity index (χ2v) is 5.36. The van der Waals surface area contributed by atoms with E-state index in [0.717, 1.165) is 24.9 Å². The lowest BCUT2D eigenvalue weighted by Gasteiger charge is -2.14. The van der Waals surface area contributed by atoms with Gasteiger partial charge in [0.15, 0.2) is 0 Å². The number of hydrogen-bond acceptors (Lipinski definition) is 2. The summed E-state index contributed by atoms with van der Waals surface area (Å²) in [6.45, 7) is 0.763. The molecule has 3 rings (SSSR count). The van der Waals surface area contributed by atoms with Crippen molar-refractivity contribution in [3.8, 4) is 5.75 Å². The van der Waals surface area contributed by atoms with Gasteiger partial charge in [-0.15, -0.1) is 0 Å². The van der Waals surface area contributed by atoms with Crippen molar-refractivity contribution in [3.05, 3.63) is 64.2 Å². The molecule has 19 heavy (non-hydrogen) atoms. The molecule has 1 aliphatic carbocycles. The maximum atomic E-state index is 9.40. The van der Waals surface area contributed by atoms with Crippen molar-refractivity contribution in [2.75, 3.05) is 0 Å². The van der Waals surface area contributed by atoms with Crippen molar-refractivity contribution in [3.63, 3.8) is 0 Å². The second kappa shape index (κ2) is 5.24. The maximum Gasteiger partial charge on any atom is 0.134 e. The first-order valence-corrected chi connectivity index (χ1v) is 6.90. The summed E-state index contributed by atoms with van der Waals surface area (Å²) >= 11 is 5.91. The van der Waals surface area contributed by atoms with Crippen LogP contribution in [-0.2, 0) is 13.0 Å². The smallest absolute Gasteiger partial charge is 0.134 e. The van der Waals surface area contributed by atoms with E-state index in [2.05, 4.69) is 29.6 Å². The zero-order valence-electron chi connectivity index (χ0n) is 10.6. The minimum atomic E-state index is 0.136. The molecule has 1 unspecified atom stereocenters. The third-order valence-corrected chi connectivity index (χ3v) is 4.00. The van der Waals surface area contributed by atoms with Crippen LogP contribution in [0.4, 0.5) is 0 Å². The molecule has 1 aliphatic rings. The first-order valence-electron chi connectivity index (χ1n) is 6.52. The van der Waals surface area contributed by atoms with Gasteiger partial charge in [-0.05, 0) is 41.7 Å². The van der Waals surface area contributed by atoms with Crippen LogP contribution in [0.25, 0.3) is 0 Å². The summed E-state index contributed by atoms with van der Waals surface area (Å²) < 4.78 is 0. The van der Waals surface area contributed by atoms with Gasteiger partial charge in [0.1, 0.15) is 5.75 Å². The van der Waals surface area contributed by atoms with Crippen molar-refractivity contribution < 1.29 is 5.11 Å². The van der Waals surface area contributed by atoms with Crippen LogP contribution in [0.3, 0.4) is 0 Å². The molecule has 0 amide bonds. The summed E-state index contributed by atoms with van der Waals surface area (Å²) in [7, 11) is 0. The lowest BCUT2D eigenvalue weighted by Crippen LogP contribution is -2.18. The molecule has 3 heteroatoms. The van der Waals surface area contributed by atoms with Gasteiger partial charge in [0.25, 0.3) is 0 Å². The van der Waals surface area contributed by atoms with Crippen molar-refractivity contribution in [2.24, 2.45) is 0 Å². The molecule has 2 aromatic carbocycles. The number of hydrogen-bond donors (Lipinski definition) is 2. The Labute approximate surface area is 118 Å². The van der Waals surface area contributed by atoms with Gasteiger partial charge >= 0.3 is 0 Å². The fourth-order valence-corrected chi connectivity index (χ4v) is 2.87. The highest BCUT2D eigenvalue weighted by Gasteiger charge is 2.20. The summed E-state index contributed by atoms with van der Waals surface area (Å²) in [4.78, 5) is 0. The summed E-state index contributed by atoms with van der Waals surface area (Å²) in [6.07, 6.45) is 2.29. The highest BCUT2D eigenvalue weighted by Crippen LogP contribution is 2.31. The van der Waals surface area contributed by atoms with Crippen molar-refractivity contribution in [1.29, 1.82) is 0 Å². The van der Waals surface area contributed by atoms with Crippen molar-refractivity contribution in [2.45, 2.75) is 25.4 Å². The van der Waals surface area contributed by atoms with E-state index in [-0.39, 0.29) is 5.75 Å². The molecule has 0 heterocycles. The predicted molar refractivity (Wildman–Crippen MR) is 77.5 cm³/mol. The highest BCUT2D eigenvalue weighted by molar-refractivity contribution is 6.32. The number of halogens is 1. The number of phenolic OH excluding ortho intramolecular Hbond substituents is 1. The van der Waals surface area contributed by atoms with Gasteiger partial charge in [-0.3, -0.25) is 0 Å². The summed E-state index contributed by atoms with van der Waals surface area (Å²) in [5.41, 5.74) is 3.95. The summed E-state index contributed by atoms with van der Waals surface area (Å²) in [5.74, 6) is 0.136. The number of aromatic hydroxyl groups is 1. The number of phenols is 1. The van der Waals surface area contributed by atoms with Gasteiger partial charge in [0.2, 0.25) is 0 Å². The normalized spacial score (nSPS) is 17.4. The van der Waals surface area contributed by atoms with Gasteiger partial charge < -0.3 is 10.4 Å². The Morgan fingerprint density at radius 2 is 2.05 bits per heavy atom. The van der Waals surface area contributed by atoms with Crippen LogP contribution in [0, 0.1) is 0 Å². The molecule has 0 saturated heterocycles. The molecular weight excluding hydrogens is 258 g/mol. The third kappa shape index (κ3) is 2.60. The van der Waals surface area contributed by atoms with Crippen molar-refractivity contribution in [1.82, 2.24) is 5.32 Å². The molecule has 2 aromatic rings. The first-order chi connectivity index (χ1) is 9.24. The zero-order chi connectivity index (χ0) is 13.2. The van der Waals surface area contributed by atoms with Crippen LogP contribution in [-0.4, -0.2) is 5.11 Å². The third-order valence-electron chi connectivity index (χ3n) is 3.70. The Kier molecular flexibility index (Phi) is 3.45. The fraction of sp³-hybridized carbons (Fsp3) is 0.250. The molecule has 0 spiro atoms. The molecule has 2 N–H and O–H groups in total. The van der Waals surface area contributed by atoms with E-state index in [9.17, 15) is 5.11 Å². The van der Waals surface area contributed by atoms with E-state index in [1.165, 1.54) is 11.1 Å². The maximum absolute atomic E-state index is 9.40. The Bertz CT molecular complexity index is 597. The molecule has 0 fully saturated rings. The predicted octanol–water partition coefficient (Wildman–Crippen LogP) is 3.82. The van der Waals surface area contributed by atoms with Crippen LogP contribution in [0.5, 0.6) is 5.75 Å². The Morgan fingerprint density at radius 3 is 2.89 bits per heavy atom. The number of nitrogens with one attached hydrogen (secondary N) is 1. The first kappa shape index (κ1) is 12.5. The molecule has 1 atom stereocenters. The van der Waals surface area contributed by atoms with Crippen LogP contribution in [0.15, 0.2) is 42.5 Å². The second-order valence-electron chi connectivity index (χ2n) is 4.96. The monoisotopic (exact) mass is 273 g/mol. The fourth-order valence-electron chi connectivity index (χ4n) is 2.67. The van der Waals surface area contributed by atoms with E-state index < -0.39 is 0 Å². The highest BCUT2D eigenvalue weighted by atomic mass is 35.5. The van der Waals surface area contributed by atoms with E-state index in [4.69, 9.17) is 11.6 Å². The molecule has 0 bridgehead atoms. The van der Waals surface area contributed by atoms with Gasteiger partial charge in [-0.2, -0.15) is 0 Å². The van der Waals surface area contributed by atoms with Crippen LogP contribution in [0.1, 0.15) is 29.2 Å². The molecular formula is C16H16ClNO. The Morgan fingerprint density at radius 1 is 1.21 bits per heavy atom. The molecule has 0 radical (unpaired) electrons. The van der Waals surface area contributed by atoms with Crippen LogP contribution >= 0.6 is 11.6 Å². The van der Waals surface area contributed by atoms with Gasteiger partial charge in [-0.1, -0.05) is 41.9 Å². The van der Waals surface area contributed by atoms with Crippen LogP contribution < -0.4 is 5.32 Å². The van der Waals surface area contributed by atoms with E-state index in [1.807, 2.05) is 12.1 Å². The molecule has 0 aromatic heterocycles. The summed E-state index contributed by atoms with van der Waals surface area (Å²) in [6, 6.07) is 14.4. The average molecular weight is 274 g/mol. The van der Waals surface area contributed by atoms with Crippen LogP contribution in [0.2, 0.25) is 5.02 Å². The van der Waals surface area contributed by atoms with E-state index in [0.29, 0.717) is 11.1 Å². The van der Waals surface area contributed by atoms with E-state index in [1.54, 1.807) is 6.07 Å². The number of rotatable bonds is 3. The zero-order valence-corrected chi connectivity index (χ0v) is 11.3. The molecule has 2 nitrogen and oxygen atoms in total. The van der Waals surface area contributed by atoms with Gasteiger partial charge in [0, 0.05) is 12.6 Å². The molecule has 98 valence electrons. The summed E-state index contributed by atoms with van der Waals surface area (Å²) in [5, 5.41) is 13.4. The minimum Gasteiger partial charge on any atom is -0.506 e. The van der Waals surface area contributed by atoms with Gasteiger partial charge in [-0.25, -0.2) is 0 Å². The average Bonchev–Trinajstić information content (AvgIpc) is 2.83. The number of aryl methyl sites for hydroxylation is 1. The molecule has 0 saturated carbocycles. The Hall–Kier alpha value is -1.51. The van der Waals surface area contributed by atoms with Crippen molar-refractivity contribution >= 4 is 11.6 Å². The quantitative estimate of drug-likeness (QED) is 0.891. The lowest BCUT2D eigenvalue weighted by atomic mass is 10.1. The largest absolute Gasteiger partial charge is 0.506 e. The molecule has 0 aliphatic heterocycles. The van der Waals surface area contributed by atoms with Gasteiger partial charge in [0.05, 0.1) is 5.02 Å². The Balaban J connectivity index is 1.69. The lowest BCUT2D eigenvalue weighted by molar-refractivity contribution is 0.474. The minimum absolute atomic E-state index is 0.136. The SMILES string of the molecule is Oc1ccc(CNC2CCc3ccccc32)cc1Cl. The van der Waals surface area contributed by atoms with E-state index >= 15 is 0 Å². The number of fused-ring (bicyclic) bond motifs is 1. The topological polar surface area (TPSA) is 32.3 Å².